The van der Waals surface area contributed by atoms with Crippen LogP contribution in [-0.2, 0) is 11.3 Å². The monoisotopic (exact) mass is 449 g/mol. The first kappa shape index (κ1) is 23.5. The van der Waals surface area contributed by atoms with Crippen LogP contribution >= 0.6 is 11.6 Å². The number of benzene rings is 1. The number of nitrogens with zero attached hydrogens (tertiary/aromatic N) is 5. The van der Waals surface area contributed by atoms with Gasteiger partial charge in [-0.1, -0.05) is 19.9 Å². The molecule has 1 amide bonds. The minimum Gasteiger partial charge on any atom is -0.354 e. The van der Waals surface area contributed by atoms with Gasteiger partial charge in [0.15, 0.2) is 0 Å². The zero-order chi connectivity index (χ0) is 22.5. The summed E-state index contributed by atoms with van der Waals surface area (Å²) in [6.07, 6.45) is 0.838. The van der Waals surface area contributed by atoms with E-state index < -0.39 is 0 Å². The van der Waals surface area contributed by atoms with Crippen LogP contribution in [0, 0.1) is 12.7 Å². The number of aryl methyl sites for hydroxylation is 1. The fourth-order valence-corrected chi connectivity index (χ4v) is 4.23. The van der Waals surface area contributed by atoms with Gasteiger partial charge in [0.2, 0.25) is 5.91 Å². The van der Waals surface area contributed by atoms with Gasteiger partial charge in [0.25, 0.3) is 0 Å². The minimum absolute atomic E-state index is 0.0497. The van der Waals surface area contributed by atoms with Gasteiger partial charge in [0.05, 0.1) is 17.9 Å². The van der Waals surface area contributed by atoms with E-state index in [0.29, 0.717) is 12.2 Å². The molecule has 1 aliphatic heterocycles. The number of hydrogen-bond acceptors (Lipinski definition) is 4. The molecule has 1 atom stereocenters. The predicted octanol–water partition coefficient (Wildman–Crippen LogP) is 3.83. The molecule has 0 unspecified atom stereocenters. The number of alkyl halides is 1. The maximum atomic E-state index is 14.0. The highest BCUT2D eigenvalue weighted by Crippen LogP contribution is 2.30. The van der Waals surface area contributed by atoms with Crippen molar-refractivity contribution >= 4 is 23.3 Å². The number of aromatic nitrogens is 2. The molecule has 1 fully saturated rings. The highest BCUT2D eigenvalue weighted by atomic mass is 35.5. The molecule has 0 saturated carbocycles. The van der Waals surface area contributed by atoms with Gasteiger partial charge < -0.3 is 14.7 Å². The molecule has 3 rings (SSSR count). The summed E-state index contributed by atoms with van der Waals surface area (Å²) in [7, 11) is 0. The lowest BCUT2D eigenvalue weighted by molar-refractivity contribution is -0.131. The molecule has 1 aromatic heterocycles. The van der Waals surface area contributed by atoms with E-state index in [0.717, 1.165) is 56.2 Å². The van der Waals surface area contributed by atoms with Crippen LogP contribution in [0.4, 0.5) is 10.2 Å². The minimum atomic E-state index is -0.299. The van der Waals surface area contributed by atoms with Crippen molar-refractivity contribution in [2.45, 2.75) is 46.7 Å². The highest BCUT2D eigenvalue weighted by molar-refractivity contribution is 6.27. The summed E-state index contributed by atoms with van der Waals surface area (Å²) in [5.41, 5.74) is 2.52. The van der Waals surface area contributed by atoms with Crippen molar-refractivity contribution in [2.24, 2.45) is 0 Å². The Morgan fingerprint density at radius 1 is 1.26 bits per heavy atom. The summed E-state index contributed by atoms with van der Waals surface area (Å²) in [6.45, 7) is 13.3. The molecule has 0 radical (unpaired) electrons. The number of carbonyl (C=O) groups excluding carboxylic acids is 1. The predicted molar refractivity (Wildman–Crippen MR) is 124 cm³/mol. The Labute approximate surface area is 189 Å². The summed E-state index contributed by atoms with van der Waals surface area (Å²) in [6, 6.07) is 6.56. The van der Waals surface area contributed by atoms with Crippen LogP contribution in [0.15, 0.2) is 24.3 Å². The maximum absolute atomic E-state index is 14.0. The third-order valence-corrected chi connectivity index (χ3v) is 6.44. The molecule has 0 N–H and O–H groups in total. The number of hydrogen-bond donors (Lipinski definition) is 0. The van der Waals surface area contributed by atoms with Gasteiger partial charge in [0.1, 0.15) is 17.5 Å². The Morgan fingerprint density at radius 2 is 1.97 bits per heavy atom. The zero-order valence-corrected chi connectivity index (χ0v) is 19.7. The quantitative estimate of drug-likeness (QED) is 0.574. The van der Waals surface area contributed by atoms with Crippen LogP contribution in [0.2, 0.25) is 0 Å². The van der Waals surface area contributed by atoms with Crippen LogP contribution in [0.1, 0.15) is 38.4 Å². The number of likely N-dealkylation sites (N-methyl/N-ethyl adjacent to an activating group) is 1. The SMILES string of the molecule is CC[C@H](C)N(Cc1c(C)nn(-c2cccc(F)c2)c1N1CCN(CC)CC1)C(=O)CCl. The Hall–Kier alpha value is -2.12. The molecule has 6 nitrogen and oxygen atoms in total. The molecule has 2 heterocycles. The molecular formula is C23H33ClFN5O. The van der Waals surface area contributed by atoms with E-state index in [1.54, 1.807) is 6.07 Å². The molecule has 1 saturated heterocycles. The van der Waals surface area contributed by atoms with Crippen molar-refractivity contribution in [3.05, 3.63) is 41.3 Å². The van der Waals surface area contributed by atoms with E-state index in [1.807, 2.05) is 29.5 Å². The van der Waals surface area contributed by atoms with Gasteiger partial charge in [-0.25, -0.2) is 9.07 Å². The van der Waals surface area contributed by atoms with Crippen molar-refractivity contribution in [1.82, 2.24) is 19.6 Å². The van der Waals surface area contributed by atoms with E-state index in [-0.39, 0.29) is 23.6 Å². The fourth-order valence-electron chi connectivity index (χ4n) is 4.08. The van der Waals surface area contributed by atoms with Crippen molar-refractivity contribution in [1.29, 1.82) is 0 Å². The van der Waals surface area contributed by atoms with Gasteiger partial charge in [0, 0.05) is 37.8 Å². The second kappa shape index (κ2) is 10.5. The smallest absolute Gasteiger partial charge is 0.238 e. The van der Waals surface area contributed by atoms with Crippen LogP contribution in [0.3, 0.4) is 0 Å². The Balaban J connectivity index is 2.06. The van der Waals surface area contributed by atoms with Crippen molar-refractivity contribution in [3.8, 4) is 5.69 Å². The van der Waals surface area contributed by atoms with E-state index in [2.05, 4.69) is 23.6 Å². The van der Waals surface area contributed by atoms with E-state index in [9.17, 15) is 9.18 Å². The average Bonchev–Trinajstić information content (AvgIpc) is 3.12. The summed E-state index contributed by atoms with van der Waals surface area (Å²) < 4.78 is 15.8. The fraction of sp³-hybridized carbons (Fsp3) is 0.565. The molecule has 170 valence electrons. The molecule has 1 aliphatic rings. The van der Waals surface area contributed by atoms with Crippen LogP contribution in [0.5, 0.6) is 0 Å². The van der Waals surface area contributed by atoms with E-state index in [1.165, 1.54) is 12.1 Å². The molecule has 8 heteroatoms. The normalized spacial score (nSPS) is 15.9. The topological polar surface area (TPSA) is 44.6 Å². The van der Waals surface area contributed by atoms with Gasteiger partial charge in [-0.05, 0) is 45.0 Å². The van der Waals surface area contributed by atoms with Crippen molar-refractivity contribution in [2.75, 3.05) is 43.5 Å². The standard InChI is InChI=1S/C23H33ClFN5O/c1-5-17(3)29(22(31)15-24)16-21-18(4)26-30(20-9-7-8-19(25)14-20)23(21)28-12-10-27(6-2)11-13-28/h7-9,14,17H,5-6,10-13,15-16H2,1-4H3/t17-/m0/s1. The molecule has 0 spiro atoms. The lowest BCUT2D eigenvalue weighted by atomic mass is 10.1. The number of halogens is 2. The molecule has 0 bridgehead atoms. The number of carbonyl (C=O) groups is 1. The average molecular weight is 450 g/mol. The maximum Gasteiger partial charge on any atom is 0.238 e. The second-order valence-electron chi connectivity index (χ2n) is 8.11. The van der Waals surface area contributed by atoms with Crippen molar-refractivity contribution in [3.63, 3.8) is 0 Å². The summed E-state index contributed by atoms with van der Waals surface area (Å²) in [5, 5.41) is 4.78. The number of piperazine rings is 1. The lowest BCUT2D eigenvalue weighted by Gasteiger charge is -2.37. The summed E-state index contributed by atoms with van der Waals surface area (Å²) >= 11 is 5.92. The molecular weight excluding hydrogens is 417 g/mol. The van der Waals surface area contributed by atoms with Crippen LogP contribution < -0.4 is 4.90 Å². The highest BCUT2D eigenvalue weighted by Gasteiger charge is 2.28. The first-order valence-corrected chi connectivity index (χ1v) is 11.6. The summed E-state index contributed by atoms with van der Waals surface area (Å²) in [4.78, 5) is 19.2. The number of anilines is 1. The lowest BCUT2D eigenvalue weighted by Crippen LogP contribution is -2.47. The molecule has 0 aliphatic carbocycles. The number of rotatable bonds is 8. The van der Waals surface area contributed by atoms with Gasteiger partial charge in [-0.3, -0.25) is 4.79 Å². The van der Waals surface area contributed by atoms with Gasteiger partial charge in [-0.15, -0.1) is 11.6 Å². The Kier molecular flexibility index (Phi) is 7.94. The number of amides is 1. The summed E-state index contributed by atoms with van der Waals surface area (Å²) in [5.74, 6) is 0.504. The third kappa shape index (κ3) is 5.21. The van der Waals surface area contributed by atoms with E-state index in [4.69, 9.17) is 16.7 Å². The van der Waals surface area contributed by atoms with Crippen LogP contribution in [-0.4, -0.2) is 70.1 Å². The Bertz CT molecular complexity index is 894. The van der Waals surface area contributed by atoms with Gasteiger partial charge in [-0.2, -0.15) is 5.10 Å². The first-order valence-electron chi connectivity index (χ1n) is 11.1. The molecule has 1 aromatic carbocycles. The molecule has 2 aromatic rings. The first-order chi connectivity index (χ1) is 14.9. The van der Waals surface area contributed by atoms with Crippen molar-refractivity contribution < 1.29 is 9.18 Å². The second-order valence-corrected chi connectivity index (χ2v) is 8.38. The van der Waals surface area contributed by atoms with Gasteiger partial charge >= 0.3 is 0 Å². The van der Waals surface area contributed by atoms with Crippen LogP contribution in [0.25, 0.3) is 5.69 Å². The van der Waals surface area contributed by atoms with E-state index >= 15 is 0 Å². The molecule has 31 heavy (non-hydrogen) atoms. The third-order valence-electron chi connectivity index (χ3n) is 6.22. The Morgan fingerprint density at radius 3 is 2.55 bits per heavy atom. The largest absolute Gasteiger partial charge is 0.354 e. The zero-order valence-electron chi connectivity index (χ0n) is 18.9.